The Balaban J connectivity index is 0.00000450. The van der Waals surface area contributed by atoms with Gasteiger partial charge in [-0.2, -0.15) is 0 Å². The van der Waals surface area contributed by atoms with E-state index in [4.69, 9.17) is 11.6 Å². The fourth-order valence-electron chi connectivity index (χ4n) is 2.74. The number of nitrogens with zero attached hydrogens (tertiary/aromatic N) is 1. The van der Waals surface area contributed by atoms with Crippen molar-refractivity contribution in [3.05, 3.63) is 64.2 Å². The van der Waals surface area contributed by atoms with Crippen LogP contribution < -0.4 is 16.0 Å². The lowest BCUT2D eigenvalue weighted by Crippen LogP contribution is -2.41. The van der Waals surface area contributed by atoms with Crippen molar-refractivity contribution in [3.63, 3.8) is 0 Å². The molecular weight excluding hydrogens is 539 g/mol. The van der Waals surface area contributed by atoms with Crippen LogP contribution in [0.4, 0.5) is 0 Å². The number of sulfone groups is 1. The van der Waals surface area contributed by atoms with Crippen molar-refractivity contribution in [2.24, 2.45) is 4.99 Å². The first kappa shape index (κ1) is 26.2. The van der Waals surface area contributed by atoms with E-state index in [2.05, 4.69) is 20.9 Å². The Labute approximate surface area is 199 Å². The number of nitrogens with one attached hydrogen (secondary N) is 3. The number of guanidine groups is 1. The van der Waals surface area contributed by atoms with Crippen LogP contribution in [0.1, 0.15) is 21.5 Å². The van der Waals surface area contributed by atoms with Gasteiger partial charge in [0.15, 0.2) is 15.8 Å². The van der Waals surface area contributed by atoms with Crippen molar-refractivity contribution in [3.8, 4) is 0 Å². The van der Waals surface area contributed by atoms with Crippen LogP contribution in [0, 0.1) is 6.92 Å². The number of halogens is 2. The molecule has 0 aromatic heterocycles. The van der Waals surface area contributed by atoms with E-state index in [-0.39, 0.29) is 29.9 Å². The van der Waals surface area contributed by atoms with Crippen LogP contribution >= 0.6 is 35.6 Å². The molecule has 0 aliphatic heterocycles. The highest BCUT2D eigenvalue weighted by molar-refractivity contribution is 14.0. The molecule has 0 saturated heterocycles. The molecule has 0 heterocycles. The van der Waals surface area contributed by atoms with Crippen LogP contribution in [0.2, 0.25) is 5.02 Å². The van der Waals surface area contributed by atoms with Crippen LogP contribution in [-0.2, 0) is 16.4 Å². The van der Waals surface area contributed by atoms with E-state index in [9.17, 15) is 13.2 Å². The second-order valence-electron chi connectivity index (χ2n) is 6.46. The summed E-state index contributed by atoms with van der Waals surface area (Å²) in [6, 6.07) is 12.1. The smallest absolute Gasteiger partial charge is 0.252 e. The molecule has 10 heteroatoms. The third kappa shape index (κ3) is 7.77. The number of aliphatic imine (C=N–C) groups is 1. The summed E-state index contributed by atoms with van der Waals surface area (Å²) in [6.45, 7) is 3.12. The average molecular weight is 565 g/mol. The number of hydrogen-bond acceptors (Lipinski definition) is 4. The molecular formula is C20H26ClIN4O3S. The fourth-order valence-corrected chi connectivity index (χ4v) is 3.92. The van der Waals surface area contributed by atoms with E-state index in [1.807, 2.05) is 6.07 Å². The van der Waals surface area contributed by atoms with Gasteiger partial charge >= 0.3 is 0 Å². The van der Waals surface area contributed by atoms with Gasteiger partial charge < -0.3 is 16.0 Å². The molecule has 0 aliphatic carbocycles. The van der Waals surface area contributed by atoms with E-state index in [0.29, 0.717) is 46.6 Å². The Morgan fingerprint density at radius 1 is 1.07 bits per heavy atom. The van der Waals surface area contributed by atoms with Crippen molar-refractivity contribution in [1.82, 2.24) is 16.0 Å². The van der Waals surface area contributed by atoms with Crippen LogP contribution in [-0.4, -0.2) is 46.7 Å². The standard InChI is InChI=1S/C20H25ClN4O3S.HI/c1-14-12-15(8-9-18(14)29(3,27)28)13-25-20(22-2)24-11-10-23-19(26)16-6-4-5-7-17(16)21;/h4-9,12H,10-11,13H2,1-3H3,(H,23,26)(H2,22,24,25);1H. The number of hydrogen-bond donors (Lipinski definition) is 3. The summed E-state index contributed by atoms with van der Waals surface area (Å²) in [5.41, 5.74) is 2.08. The monoisotopic (exact) mass is 564 g/mol. The largest absolute Gasteiger partial charge is 0.355 e. The molecule has 0 bridgehead atoms. The van der Waals surface area contributed by atoms with Gasteiger partial charge in [-0.05, 0) is 36.2 Å². The number of amides is 1. The number of aryl methyl sites for hydroxylation is 1. The minimum atomic E-state index is -3.23. The number of carbonyl (C=O) groups is 1. The van der Waals surface area contributed by atoms with Crippen LogP contribution in [0.5, 0.6) is 0 Å². The molecule has 2 aromatic rings. The lowest BCUT2D eigenvalue weighted by Gasteiger charge is -2.13. The second-order valence-corrected chi connectivity index (χ2v) is 8.85. The van der Waals surface area contributed by atoms with Crippen molar-refractivity contribution in [2.45, 2.75) is 18.4 Å². The molecule has 0 radical (unpaired) electrons. The molecule has 2 rings (SSSR count). The van der Waals surface area contributed by atoms with Gasteiger partial charge in [-0.25, -0.2) is 8.42 Å². The van der Waals surface area contributed by atoms with E-state index in [1.54, 1.807) is 50.4 Å². The number of rotatable bonds is 7. The normalized spacial score (nSPS) is 11.4. The average Bonchev–Trinajstić information content (AvgIpc) is 2.66. The van der Waals surface area contributed by atoms with Crippen molar-refractivity contribution < 1.29 is 13.2 Å². The van der Waals surface area contributed by atoms with Gasteiger partial charge in [0.1, 0.15) is 0 Å². The zero-order chi connectivity index (χ0) is 21.4. The summed E-state index contributed by atoms with van der Waals surface area (Å²) in [7, 11) is -1.58. The zero-order valence-corrected chi connectivity index (χ0v) is 20.9. The van der Waals surface area contributed by atoms with Gasteiger partial charge in [-0.15, -0.1) is 24.0 Å². The molecule has 3 N–H and O–H groups in total. The summed E-state index contributed by atoms with van der Waals surface area (Å²) in [6.07, 6.45) is 1.20. The van der Waals surface area contributed by atoms with Gasteiger partial charge in [0.2, 0.25) is 0 Å². The van der Waals surface area contributed by atoms with Gasteiger partial charge in [0.25, 0.3) is 5.91 Å². The molecule has 2 aromatic carbocycles. The first-order valence-electron chi connectivity index (χ1n) is 8.99. The molecule has 1 amide bonds. The Hall–Kier alpha value is -1.85. The predicted octanol–water partition coefficient (Wildman–Crippen LogP) is 2.76. The van der Waals surface area contributed by atoms with Gasteiger partial charge in [-0.1, -0.05) is 35.9 Å². The molecule has 0 atom stereocenters. The molecule has 164 valence electrons. The van der Waals surface area contributed by atoms with Crippen molar-refractivity contribution in [1.29, 1.82) is 0 Å². The van der Waals surface area contributed by atoms with E-state index >= 15 is 0 Å². The minimum absolute atomic E-state index is 0. The second kappa shape index (κ2) is 12.1. The van der Waals surface area contributed by atoms with Crippen LogP contribution in [0.3, 0.4) is 0 Å². The topological polar surface area (TPSA) is 99.7 Å². The quantitative estimate of drug-likeness (QED) is 0.208. The SMILES string of the molecule is CN=C(NCCNC(=O)c1ccccc1Cl)NCc1ccc(S(C)(=O)=O)c(C)c1.I. The van der Waals surface area contributed by atoms with E-state index < -0.39 is 9.84 Å². The molecule has 7 nitrogen and oxygen atoms in total. The summed E-state index contributed by atoms with van der Waals surface area (Å²) in [5.74, 6) is 0.337. The zero-order valence-electron chi connectivity index (χ0n) is 17.0. The molecule has 0 fully saturated rings. The maximum absolute atomic E-state index is 12.1. The maximum atomic E-state index is 12.1. The fraction of sp³-hybridized carbons (Fsp3) is 0.300. The van der Waals surface area contributed by atoms with Crippen LogP contribution in [0.15, 0.2) is 52.4 Å². The molecule has 0 aliphatic rings. The lowest BCUT2D eigenvalue weighted by molar-refractivity contribution is 0.0954. The van der Waals surface area contributed by atoms with E-state index in [1.165, 1.54) is 6.26 Å². The van der Waals surface area contributed by atoms with Gasteiger partial charge in [0, 0.05) is 32.9 Å². The first-order valence-corrected chi connectivity index (χ1v) is 11.3. The minimum Gasteiger partial charge on any atom is -0.355 e. The maximum Gasteiger partial charge on any atom is 0.252 e. The van der Waals surface area contributed by atoms with Gasteiger partial charge in [-0.3, -0.25) is 9.79 Å². The van der Waals surface area contributed by atoms with Crippen molar-refractivity contribution >= 4 is 57.3 Å². The highest BCUT2D eigenvalue weighted by Gasteiger charge is 2.11. The molecule has 0 spiro atoms. The third-order valence-electron chi connectivity index (χ3n) is 4.14. The highest BCUT2D eigenvalue weighted by Crippen LogP contribution is 2.16. The predicted molar refractivity (Wildman–Crippen MR) is 132 cm³/mol. The molecule has 0 unspecified atom stereocenters. The summed E-state index contributed by atoms with van der Waals surface area (Å²) >= 11 is 6.01. The van der Waals surface area contributed by atoms with Crippen molar-refractivity contribution in [2.75, 3.05) is 26.4 Å². The Morgan fingerprint density at radius 3 is 2.33 bits per heavy atom. The summed E-state index contributed by atoms with van der Waals surface area (Å²) < 4.78 is 23.4. The Kier molecular flexibility index (Phi) is 10.6. The number of benzene rings is 2. The van der Waals surface area contributed by atoms with Gasteiger partial charge in [0.05, 0.1) is 15.5 Å². The Bertz CT molecular complexity index is 1010. The Morgan fingerprint density at radius 2 is 1.73 bits per heavy atom. The highest BCUT2D eigenvalue weighted by atomic mass is 127. The number of carbonyl (C=O) groups excluding carboxylic acids is 1. The molecule has 0 saturated carbocycles. The lowest BCUT2D eigenvalue weighted by atomic mass is 10.1. The van der Waals surface area contributed by atoms with E-state index in [0.717, 1.165) is 5.56 Å². The third-order valence-corrected chi connectivity index (χ3v) is 5.73. The first-order chi connectivity index (χ1) is 13.7. The molecule has 30 heavy (non-hydrogen) atoms. The summed E-state index contributed by atoms with van der Waals surface area (Å²) in [5, 5.41) is 9.47. The summed E-state index contributed by atoms with van der Waals surface area (Å²) in [4.78, 5) is 16.6. The van der Waals surface area contributed by atoms with Crippen LogP contribution in [0.25, 0.3) is 0 Å².